The second-order valence-electron chi connectivity index (χ2n) is 11.5. The Morgan fingerprint density at radius 2 is 1.55 bits per heavy atom. The number of nitrogens with one attached hydrogen (secondary N) is 1. The largest absolute Gasteiger partial charge is 0.352 e. The van der Waals surface area contributed by atoms with Crippen LogP contribution in [0.2, 0.25) is 10.0 Å². The van der Waals surface area contributed by atoms with Crippen LogP contribution in [-0.2, 0) is 32.6 Å². The number of nitrogens with zero attached hydrogens (tertiary/aromatic N) is 2. The van der Waals surface area contributed by atoms with E-state index in [1.54, 1.807) is 35.2 Å². The molecule has 2 amide bonds. The molecule has 0 spiro atoms. The van der Waals surface area contributed by atoms with E-state index < -0.39 is 16.1 Å². The molecule has 1 saturated carbocycles. The van der Waals surface area contributed by atoms with E-state index in [-0.39, 0.29) is 43.8 Å². The number of carbonyl (C=O) groups excluding carboxylic acids is 2. The molecule has 236 valence electrons. The first-order chi connectivity index (χ1) is 21.0. The Labute approximate surface area is 271 Å². The highest BCUT2D eigenvalue weighted by molar-refractivity contribution is 7.92. The van der Waals surface area contributed by atoms with Crippen LogP contribution in [0.15, 0.2) is 72.8 Å². The lowest BCUT2D eigenvalue weighted by atomic mass is 9.94. The number of amides is 2. The van der Waals surface area contributed by atoms with Crippen molar-refractivity contribution in [1.82, 2.24) is 10.2 Å². The van der Waals surface area contributed by atoms with Crippen LogP contribution in [0.25, 0.3) is 0 Å². The molecule has 7 nitrogen and oxygen atoms in total. The number of para-hydroxylation sites is 1. The molecule has 3 aromatic rings. The number of sulfonamides is 1. The van der Waals surface area contributed by atoms with Crippen LogP contribution in [0.5, 0.6) is 0 Å². The number of aryl methyl sites for hydroxylation is 1. The fourth-order valence-electron chi connectivity index (χ4n) is 5.78. The lowest BCUT2D eigenvalue weighted by Gasteiger charge is -2.34. The monoisotopic (exact) mass is 657 g/mol. The first kappa shape index (κ1) is 33.8. The van der Waals surface area contributed by atoms with E-state index in [4.69, 9.17) is 23.2 Å². The number of hydrogen-bond acceptors (Lipinski definition) is 4. The van der Waals surface area contributed by atoms with Gasteiger partial charge in [-0.05, 0) is 55.5 Å². The lowest BCUT2D eigenvalue weighted by molar-refractivity contribution is -0.141. The topological polar surface area (TPSA) is 86.8 Å². The zero-order valence-corrected chi connectivity index (χ0v) is 27.7. The van der Waals surface area contributed by atoms with Crippen molar-refractivity contribution in [2.45, 2.75) is 76.9 Å². The Balaban J connectivity index is 1.63. The zero-order chi connectivity index (χ0) is 31.7. The van der Waals surface area contributed by atoms with Gasteiger partial charge in [-0.25, -0.2) is 8.42 Å². The summed E-state index contributed by atoms with van der Waals surface area (Å²) in [5.74, 6) is -0.492. The summed E-state index contributed by atoms with van der Waals surface area (Å²) in [6.07, 6.45) is 6.86. The minimum absolute atomic E-state index is 0.0297. The highest BCUT2D eigenvalue weighted by Gasteiger charge is 2.33. The van der Waals surface area contributed by atoms with Crippen LogP contribution in [-0.4, -0.2) is 50.0 Å². The van der Waals surface area contributed by atoms with Gasteiger partial charge in [0.2, 0.25) is 21.8 Å². The molecule has 1 fully saturated rings. The van der Waals surface area contributed by atoms with Gasteiger partial charge in [0.05, 0.1) is 11.9 Å². The van der Waals surface area contributed by atoms with E-state index in [0.29, 0.717) is 27.7 Å². The average Bonchev–Trinajstić information content (AvgIpc) is 2.99. The number of carbonyl (C=O) groups is 2. The van der Waals surface area contributed by atoms with Crippen LogP contribution in [0.1, 0.15) is 61.6 Å². The summed E-state index contributed by atoms with van der Waals surface area (Å²) in [6, 6.07) is 21.3. The second-order valence-corrected chi connectivity index (χ2v) is 14.2. The smallest absolute Gasteiger partial charge is 0.243 e. The third kappa shape index (κ3) is 9.22. The standard InChI is InChI=1S/C34H41Cl2N3O4S/c1-25-13-9-10-20-31(25)39(44(2,42)43)22-12-21-33(40)38(24-28-29(35)18-11-19-30(28)36)32(23-26-14-5-3-6-15-26)34(41)37-27-16-7-4-8-17-27/h3,5-6,9-11,13-15,18-20,27,32H,4,7-8,12,16-17,21-24H2,1-2H3,(H,37,41)/t32-/m1/s1. The van der Waals surface area contributed by atoms with Crippen LogP contribution >= 0.6 is 23.2 Å². The van der Waals surface area contributed by atoms with Crippen molar-refractivity contribution in [1.29, 1.82) is 0 Å². The van der Waals surface area contributed by atoms with Crippen molar-refractivity contribution in [3.63, 3.8) is 0 Å². The molecule has 0 unspecified atom stereocenters. The maximum Gasteiger partial charge on any atom is 0.243 e. The lowest BCUT2D eigenvalue weighted by Crippen LogP contribution is -2.53. The van der Waals surface area contributed by atoms with Gasteiger partial charge in [0, 0.05) is 47.6 Å². The maximum absolute atomic E-state index is 14.1. The molecule has 4 rings (SSSR count). The number of hydrogen-bond donors (Lipinski definition) is 1. The highest BCUT2D eigenvalue weighted by Crippen LogP contribution is 2.29. The average molecular weight is 659 g/mol. The summed E-state index contributed by atoms with van der Waals surface area (Å²) in [4.78, 5) is 29.7. The van der Waals surface area contributed by atoms with Crippen molar-refractivity contribution in [2.24, 2.45) is 0 Å². The van der Waals surface area contributed by atoms with Gasteiger partial charge in [-0.15, -0.1) is 0 Å². The predicted molar refractivity (Wildman–Crippen MR) is 179 cm³/mol. The minimum atomic E-state index is -3.60. The van der Waals surface area contributed by atoms with Gasteiger partial charge in [-0.1, -0.05) is 97.1 Å². The zero-order valence-electron chi connectivity index (χ0n) is 25.3. The van der Waals surface area contributed by atoms with Gasteiger partial charge in [-0.2, -0.15) is 0 Å². The fourth-order valence-corrected chi connectivity index (χ4v) is 7.32. The Kier molecular flexibility index (Phi) is 12.1. The van der Waals surface area contributed by atoms with Crippen molar-refractivity contribution in [3.8, 4) is 0 Å². The summed E-state index contributed by atoms with van der Waals surface area (Å²) >= 11 is 13.1. The molecule has 1 aliphatic carbocycles. The molecule has 0 bridgehead atoms. The van der Waals surface area contributed by atoms with Gasteiger partial charge >= 0.3 is 0 Å². The Morgan fingerprint density at radius 1 is 0.909 bits per heavy atom. The van der Waals surface area contributed by atoms with Gasteiger partial charge < -0.3 is 10.2 Å². The number of rotatable bonds is 13. The van der Waals surface area contributed by atoms with Crippen LogP contribution < -0.4 is 9.62 Å². The summed E-state index contributed by atoms with van der Waals surface area (Å²) in [6.45, 7) is 2.01. The normalized spacial score (nSPS) is 14.5. The van der Waals surface area contributed by atoms with Gasteiger partial charge in [0.15, 0.2) is 0 Å². The van der Waals surface area contributed by atoms with Crippen molar-refractivity contribution in [2.75, 3.05) is 17.1 Å². The quantitative estimate of drug-likeness (QED) is 0.216. The molecule has 44 heavy (non-hydrogen) atoms. The minimum Gasteiger partial charge on any atom is -0.352 e. The SMILES string of the molecule is Cc1ccccc1N(CCCC(=O)N(Cc1c(Cl)cccc1Cl)[C@H](Cc1ccccc1)C(=O)NC1CCCCC1)S(C)(=O)=O. The first-order valence-corrected chi connectivity index (χ1v) is 17.7. The third-order valence-electron chi connectivity index (χ3n) is 8.15. The Morgan fingerprint density at radius 3 is 2.18 bits per heavy atom. The van der Waals surface area contributed by atoms with E-state index in [1.165, 1.54) is 10.6 Å². The van der Waals surface area contributed by atoms with Crippen molar-refractivity contribution >= 4 is 50.7 Å². The van der Waals surface area contributed by atoms with E-state index in [1.807, 2.05) is 49.4 Å². The van der Waals surface area contributed by atoms with Crippen molar-refractivity contribution in [3.05, 3.63) is 99.5 Å². The molecule has 1 atom stereocenters. The van der Waals surface area contributed by atoms with Gasteiger partial charge in [-0.3, -0.25) is 13.9 Å². The van der Waals surface area contributed by atoms with E-state index >= 15 is 0 Å². The number of halogens is 2. The van der Waals surface area contributed by atoms with Gasteiger partial charge in [0.25, 0.3) is 0 Å². The first-order valence-electron chi connectivity index (χ1n) is 15.1. The number of benzene rings is 3. The molecule has 0 saturated heterocycles. The van der Waals surface area contributed by atoms with Crippen molar-refractivity contribution < 1.29 is 18.0 Å². The fraction of sp³-hybridized carbons (Fsp3) is 0.412. The van der Waals surface area contributed by atoms with E-state index in [2.05, 4.69) is 5.32 Å². The summed E-state index contributed by atoms with van der Waals surface area (Å²) < 4.78 is 26.8. The summed E-state index contributed by atoms with van der Waals surface area (Å²) in [5.41, 5.74) is 2.88. The molecular formula is C34H41Cl2N3O4S. The highest BCUT2D eigenvalue weighted by atomic mass is 35.5. The maximum atomic E-state index is 14.1. The molecule has 0 radical (unpaired) electrons. The molecular weight excluding hydrogens is 617 g/mol. The molecule has 1 aliphatic rings. The Bertz CT molecular complexity index is 1510. The summed E-state index contributed by atoms with van der Waals surface area (Å²) in [5, 5.41) is 4.04. The summed E-state index contributed by atoms with van der Waals surface area (Å²) in [7, 11) is -3.60. The van der Waals surface area contributed by atoms with Crippen LogP contribution in [0.4, 0.5) is 5.69 Å². The van der Waals surface area contributed by atoms with Gasteiger partial charge in [0.1, 0.15) is 6.04 Å². The molecule has 0 heterocycles. The number of anilines is 1. The molecule has 0 aliphatic heterocycles. The molecule has 1 N–H and O–H groups in total. The Hall–Kier alpha value is -3.07. The molecule has 3 aromatic carbocycles. The second kappa shape index (κ2) is 15.8. The predicted octanol–water partition coefficient (Wildman–Crippen LogP) is 6.94. The molecule has 0 aromatic heterocycles. The van der Waals surface area contributed by atoms with E-state index in [0.717, 1.165) is 43.2 Å². The van der Waals surface area contributed by atoms with E-state index in [9.17, 15) is 18.0 Å². The van der Waals surface area contributed by atoms with Crippen LogP contribution in [0, 0.1) is 6.92 Å². The molecule has 10 heteroatoms. The van der Waals surface area contributed by atoms with Crippen LogP contribution in [0.3, 0.4) is 0 Å². The third-order valence-corrected chi connectivity index (χ3v) is 10.0.